The zero-order chi connectivity index (χ0) is 35.4. The molecule has 10 nitrogen and oxygen atoms in total. The van der Waals surface area contributed by atoms with Gasteiger partial charge in [-0.15, -0.1) is 11.8 Å². The summed E-state index contributed by atoms with van der Waals surface area (Å²) in [6, 6.07) is 20.5. The molecule has 0 spiro atoms. The third-order valence-corrected chi connectivity index (χ3v) is 13.7. The van der Waals surface area contributed by atoms with E-state index in [0.29, 0.717) is 12.4 Å². The lowest BCUT2D eigenvalue weighted by atomic mass is 10.2. The van der Waals surface area contributed by atoms with Gasteiger partial charge in [-0.1, -0.05) is 93.3 Å². The SMILES string of the molecule is CSCOC1CC(n2cc(C#CCNC(=O)C(F)(F)F)c3c(=O)[nH]c(N)nc32)OC1CO[Si](c1ccccc1)(c1ccccc1)C(C)(C)C. The number of benzene rings is 2. The Balaban J connectivity index is 1.49. The van der Waals surface area contributed by atoms with E-state index in [1.165, 1.54) is 11.8 Å². The lowest BCUT2D eigenvalue weighted by Crippen LogP contribution is -2.67. The Morgan fingerprint density at radius 3 is 2.35 bits per heavy atom. The van der Waals surface area contributed by atoms with Crippen molar-refractivity contribution >= 4 is 53.3 Å². The van der Waals surface area contributed by atoms with Gasteiger partial charge in [0, 0.05) is 12.6 Å². The van der Waals surface area contributed by atoms with Crippen molar-refractivity contribution in [3.8, 4) is 11.8 Å². The smallest absolute Gasteiger partial charge is 0.405 e. The third kappa shape index (κ3) is 7.73. The van der Waals surface area contributed by atoms with Crippen LogP contribution in [0.5, 0.6) is 0 Å². The number of nitrogens with one attached hydrogen (secondary N) is 2. The second-order valence-corrected chi connectivity index (χ2v) is 17.7. The minimum atomic E-state index is -5.04. The number of amides is 1. The summed E-state index contributed by atoms with van der Waals surface area (Å²) in [5.41, 5.74) is 5.70. The van der Waals surface area contributed by atoms with E-state index in [2.05, 4.69) is 66.8 Å². The number of anilines is 1. The van der Waals surface area contributed by atoms with Gasteiger partial charge in [-0.3, -0.25) is 14.6 Å². The summed E-state index contributed by atoms with van der Waals surface area (Å²) in [4.78, 5) is 31.0. The molecule has 4 aromatic rings. The summed E-state index contributed by atoms with van der Waals surface area (Å²) >= 11 is 1.52. The van der Waals surface area contributed by atoms with Gasteiger partial charge < -0.3 is 29.5 Å². The topological polar surface area (TPSA) is 133 Å². The van der Waals surface area contributed by atoms with E-state index in [1.54, 1.807) is 16.1 Å². The van der Waals surface area contributed by atoms with Crippen LogP contribution in [0.4, 0.5) is 19.1 Å². The van der Waals surface area contributed by atoms with Gasteiger partial charge in [-0.2, -0.15) is 18.2 Å². The van der Waals surface area contributed by atoms with Crippen LogP contribution < -0.4 is 27.0 Å². The quantitative estimate of drug-likeness (QED) is 0.128. The van der Waals surface area contributed by atoms with Crippen LogP contribution in [0.2, 0.25) is 5.04 Å². The van der Waals surface area contributed by atoms with Gasteiger partial charge >= 0.3 is 12.1 Å². The molecule has 0 aliphatic carbocycles. The van der Waals surface area contributed by atoms with Crippen molar-refractivity contribution < 1.29 is 31.9 Å². The number of rotatable bonds is 10. The first-order valence-electron chi connectivity index (χ1n) is 15.5. The van der Waals surface area contributed by atoms with Crippen LogP contribution in [0.3, 0.4) is 0 Å². The molecule has 1 aliphatic heterocycles. The van der Waals surface area contributed by atoms with E-state index in [-0.39, 0.29) is 40.3 Å². The number of fused-ring (bicyclic) bond motifs is 1. The van der Waals surface area contributed by atoms with Crippen molar-refractivity contribution in [3.63, 3.8) is 0 Å². The zero-order valence-corrected chi connectivity index (χ0v) is 29.3. The van der Waals surface area contributed by atoms with Gasteiger partial charge in [0.15, 0.2) is 5.65 Å². The highest BCUT2D eigenvalue weighted by atomic mass is 32.2. The molecule has 3 heterocycles. The molecule has 1 aliphatic rings. The number of carbonyl (C=O) groups is 1. The number of nitrogens with zero attached hydrogens (tertiary/aromatic N) is 2. The molecule has 0 bridgehead atoms. The normalized spacial score (nSPS) is 18.3. The van der Waals surface area contributed by atoms with E-state index >= 15 is 0 Å². The molecule has 2 aromatic carbocycles. The number of ether oxygens (including phenoxy) is 2. The summed E-state index contributed by atoms with van der Waals surface area (Å²) in [7, 11) is -2.91. The molecule has 4 N–H and O–H groups in total. The fourth-order valence-electron chi connectivity index (χ4n) is 6.17. The van der Waals surface area contributed by atoms with Crippen LogP contribution in [-0.4, -0.2) is 72.5 Å². The highest BCUT2D eigenvalue weighted by molar-refractivity contribution is 7.98. The van der Waals surface area contributed by atoms with Gasteiger partial charge in [0.2, 0.25) is 5.95 Å². The molecule has 1 amide bonds. The van der Waals surface area contributed by atoms with Gasteiger partial charge in [-0.25, -0.2) is 0 Å². The minimum Gasteiger partial charge on any atom is -0.405 e. The number of aromatic nitrogens is 3. The first-order valence-corrected chi connectivity index (χ1v) is 18.8. The minimum absolute atomic E-state index is 0.0843. The number of halogens is 3. The van der Waals surface area contributed by atoms with Crippen LogP contribution in [0.1, 0.15) is 39.0 Å². The first kappa shape index (κ1) is 36.2. The zero-order valence-electron chi connectivity index (χ0n) is 27.5. The van der Waals surface area contributed by atoms with Crippen molar-refractivity contribution in [1.82, 2.24) is 19.9 Å². The fraction of sp³-hybridized carbons (Fsp3) is 0.382. The first-order chi connectivity index (χ1) is 23.3. The molecule has 2 aromatic heterocycles. The molecular weight excluding hydrogens is 676 g/mol. The molecule has 3 unspecified atom stereocenters. The van der Waals surface area contributed by atoms with Crippen molar-refractivity contribution in [2.45, 2.75) is 56.8 Å². The molecular formula is C34H38F3N5O5SSi. The average Bonchev–Trinajstić information content (AvgIpc) is 3.63. The van der Waals surface area contributed by atoms with E-state index in [0.717, 1.165) is 10.4 Å². The van der Waals surface area contributed by atoms with Crippen molar-refractivity contribution in [3.05, 3.63) is 82.8 Å². The lowest BCUT2D eigenvalue weighted by molar-refractivity contribution is -0.173. The predicted octanol–water partition coefficient (Wildman–Crippen LogP) is 3.91. The average molecular weight is 714 g/mol. The fourth-order valence-corrected chi connectivity index (χ4v) is 11.1. The summed E-state index contributed by atoms with van der Waals surface area (Å²) in [6.45, 7) is 6.20. The second kappa shape index (κ2) is 14.8. The Morgan fingerprint density at radius 1 is 1.14 bits per heavy atom. The third-order valence-electron chi connectivity index (χ3n) is 8.29. The number of nitrogen functional groups attached to an aromatic ring is 1. The predicted molar refractivity (Wildman–Crippen MR) is 186 cm³/mol. The van der Waals surface area contributed by atoms with Crippen molar-refractivity contribution in [2.75, 3.05) is 31.1 Å². The maximum atomic E-state index is 13.0. The maximum Gasteiger partial charge on any atom is 0.471 e. The summed E-state index contributed by atoms with van der Waals surface area (Å²) in [6.07, 6.45) is -2.75. The summed E-state index contributed by atoms with van der Waals surface area (Å²) in [5.74, 6) is 3.34. The molecule has 260 valence electrons. The Hall–Kier alpha value is -4.07. The standard InChI is InChI=1S/C34H38F3N5O5SSi/c1-33(2,3)49(23-13-7-5-8-14-23,24-15-9-6-10-16-24)46-20-26-25(45-21-48-4)18-27(47-26)42-19-22(12-11-17-39-31(44)34(35,36)37)28-29(42)40-32(38)41-30(28)43/h5-10,13-16,19,25-27H,17-18,20-21H2,1-4H3,(H,39,44)(H3,38,40,41,43). The molecule has 0 radical (unpaired) electrons. The number of hydrogen-bond acceptors (Lipinski definition) is 8. The lowest BCUT2D eigenvalue weighted by Gasteiger charge is -2.43. The Labute approximate surface area is 287 Å². The number of hydrogen-bond donors (Lipinski definition) is 3. The van der Waals surface area contributed by atoms with E-state index in [1.807, 2.05) is 42.7 Å². The van der Waals surface area contributed by atoms with Crippen molar-refractivity contribution in [2.24, 2.45) is 0 Å². The molecule has 3 atom stereocenters. The summed E-state index contributed by atoms with van der Waals surface area (Å²) in [5, 5.41) is 3.75. The number of nitrogens with two attached hydrogens (primary N) is 1. The number of alkyl halides is 3. The van der Waals surface area contributed by atoms with Gasteiger partial charge in [-0.05, 0) is 21.7 Å². The Morgan fingerprint density at radius 2 is 1.78 bits per heavy atom. The second-order valence-electron chi connectivity index (χ2n) is 12.5. The Bertz CT molecular complexity index is 1850. The van der Waals surface area contributed by atoms with E-state index in [4.69, 9.17) is 19.6 Å². The van der Waals surface area contributed by atoms with Crippen LogP contribution in [0, 0.1) is 11.8 Å². The number of carbonyl (C=O) groups excluding carboxylic acids is 1. The molecule has 49 heavy (non-hydrogen) atoms. The van der Waals surface area contributed by atoms with E-state index < -0.39 is 44.8 Å². The van der Waals surface area contributed by atoms with E-state index in [9.17, 15) is 22.8 Å². The van der Waals surface area contributed by atoms with Gasteiger partial charge in [0.1, 0.15) is 12.3 Å². The molecule has 1 saturated heterocycles. The highest BCUT2D eigenvalue weighted by Gasteiger charge is 2.51. The number of H-pyrrole nitrogens is 1. The van der Waals surface area contributed by atoms with Crippen LogP contribution in [0.15, 0.2) is 71.7 Å². The van der Waals surface area contributed by atoms with Crippen LogP contribution in [0.25, 0.3) is 11.0 Å². The van der Waals surface area contributed by atoms with Crippen LogP contribution in [-0.2, 0) is 18.7 Å². The monoisotopic (exact) mass is 713 g/mol. The summed E-state index contributed by atoms with van der Waals surface area (Å²) < 4.78 is 59.5. The molecule has 5 rings (SSSR count). The highest BCUT2D eigenvalue weighted by Crippen LogP contribution is 2.39. The molecule has 1 fully saturated rings. The Kier molecular flexibility index (Phi) is 10.9. The maximum absolute atomic E-state index is 13.0. The van der Waals surface area contributed by atoms with Gasteiger partial charge in [0.05, 0.1) is 36.1 Å². The molecule has 0 saturated carbocycles. The van der Waals surface area contributed by atoms with Crippen molar-refractivity contribution in [1.29, 1.82) is 0 Å². The number of aromatic amines is 1. The van der Waals surface area contributed by atoms with Gasteiger partial charge in [0.25, 0.3) is 13.9 Å². The largest absolute Gasteiger partial charge is 0.471 e. The van der Waals surface area contributed by atoms with Crippen LogP contribution >= 0.6 is 11.8 Å². The molecule has 15 heteroatoms. The number of thioether (sulfide) groups is 1.